The fourth-order valence-electron chi connectivity index (χ4n) is 5.08. The molecule has 2 aromatic rings. The van der Waals surface area contributed by atoms with E-state index in [0.29, 0.717) is 29.8 Å². The van der Waals surface area contributed by atoms with Crippen LogP contribution in [0.15, 0.2) is 30.5 Å². The lowest BCUT2D eigenvalue weighted by Crippen LogP contribution is -2.55. The highest BCUT2D eigenvalue weighted by atomic mass is 32.1. The quantitative estimate of drug-likeness (QED) is 0.615. The van der Waals surface area contributed by atoms with Gasteiger partial charge in [-0.25, -0.2) is 9.37 Å². The number of anilines is 2. The third-order valence-corrected chi connectivity index (χ3v) is 7.61. The predicted molar refractivity (Wildman–Crippen MR) is 130 cm³/mol. The third-order valence-electron chi connectivity index (χ3n) is 7.25. The molecule has 1 aromatic carbocycles. The van der Waals surface area contributed by atoms with Crippen LogP contribution in [0.25, 0.3) is 0 Å². The van der Waals surface area contributed by atoms with Gasteiger partial charge in [0.15, 0.2) is 16.7 Å². The first kappa shape index (κ1) is 22.7. The molecule has 0 N–H and O–H groups in total. The predicted octanol–water partition coefficient (Wildman–Crippen LogP) is 3.93. The molecule has 9 heteroatoms. The van der Waals surface area contributed by atoms with Gasteiger partial charge in [-0.2, -0.15) is 5.26 Å². The molecule has 1 aliphatic carbocycles. The van der Waals surface area contributed by atoms with Gasteiger partial charge in [-0.05, 0) is 76.5 Å². The van der Waals surface area contributed by atoms with Gasteiger partial charge in [0, 0.05) is 36.6 Å². The fraction of sp³-hybridized carbons (Fsp3) is 0.440. The van der Waals surface area contributed by atoms with Gasteiger partial charge in [-0.15, -0.1) is 0 Å². The van der Waals surface area contributed by atoms with E-state index in [0.717, 1.165) is 32.4 Å². The summed E-state index contributed by atoms with van der Waals surface area (Å²) in [6.45, 7) is 3.60. The highest BCUT2D eigenvalue weighted by Crippen LogP contribution is 2.48. The summed E-state index contributed by atoms with van der Waals surface area (Å²) in [6.07, 6.45) is 5.36. The second-order valence-corrected chi connectivity index (χ2v) is 9.66. The van der Waals surface area contributed by atoms with Crippen molar-refractivity contribution < 1.29 is 13.9 Å². The van der Waals surface area contributed by atoms with Crippen molar-refractivity contribution in [2.24, 2.45) is 0 Å². The largest absolute Gasteiger partial charge is 0.487 e. The van der Waals surface area contributed by atoms with Crippen LogP contribution in [0, 0.1) is 24.1 Å². The number of carbonyl (C=O) groups excluding carboxylic acids is 1. The molecule has 5 rings (SSSR count). The summed E-state index contributed by atoms with van der Waals surface area (Å²) in [4.78, 5) is 23.2. The molecule has 3 heterocycles. The number of halogens is 1. The molecule has 3 fully saturated rings. The van der Waals surface area contributed by atoms with Crippen molar-refractivity contribution in [2.45, 2.75) is 50.7 Å². The van der Waals surface area contributed by atoms with Crippen LogP contribution in [-0.2, 0) is 4.79 Å². The van der Waals surface area contributed by atoms with Crippen molar-refractivity contribution in [2.75, 3.05) is 29.9 Å². The summed E-state index contributed by atoms with van der Waals surface area (Å²) in [5.74, 6) is -0.390. The summed E-state index contributed by atoms with van der Waals surface area (Å²) >= 11 is 5.78. The Hall–Kier alpha value is -3.09. The Morgan fingerprint density at radius 2 is 2.00 bits per heavy atom. The maximum absolute atomic E-state index is 15.2. The summed E-state index contributed by atoms with van der Waals surface area (Å²) in [5.41, 5.74) is 1.07. The van der Waals surface area contributed by atoms with E-state index < -0.39 is 11.4 Å². The van der Waals surface area contributed by atoms with E-state index in [1.165, 1.54) is 17.2 Å². The van der Waals surface area contributed by atoms with Crippen LogP contribution in [0.5, 0.6) is 5.75 Å². The van der Waals surface area contributed by atoms with E-state index in [1.807, 2.05) is 0 Å². The molecule has 176 valence electrons. The first-order valence-electron chi connectivity index (χ1n) is 11.5. The first-order chi connectivity index (χ1) is 16.4. The molecular formula is C25H26FN5O2S. The molecule has 1 amide bonds. The zero-order valence-electron chi connectivity index (χ0n) is 19.3. The Morgan fingerprint density at radius 3 is 2.62 bits per heavy atom. The highest BCUT2D eigenvalue weighted by Gasteiger charge is 2.59. The molecule has 1 spiro atoms. The van der Waals surface area contributed by atoms with Gasteiger partial charge >= 0.3 is 0 Å². The lowest BCUT2D eigenvalue weighted by atomic mass is 9.75. The van der Waals surface area contributed by atoms with Crippen LogP contribution < -0.4 is 14.5 Å². The normalized spacial score (nSPS) is 20.5. The van der Waals surface area contributed by atoms with Crippen molar-refractivity contribution in [3.8, 4) is 11.8 Å². The number of nitrogens with zero attached hydrogens (tertiary/aromatic N) is 5. The summed E-state index contributed by atoms with van der Waals surface area (Å²) in [5, 5.41) is 9.66. The van der Waals surface area contributed by atoms with Gasteiger partial charge in [0.2, 0.25) is 0 Å². The third kappa shape index (κ3) is 3.53. The highest BCUT2D eigenvalue weighted by molar-refractivity contribution is 7.81. The van der Waals surface area contributed by atoms with E-state index >= 15 is 4.39 Å². The Morgan fingerprint density at radius 1 is 1.26 bits per heavy atom. The first-order valence-corrected chi connectivity index (χ1v) is 12.0. The molecular weight excluding hydrogens is 453 g/mol. The number of ether oxygens (including phenoxy) is 1. The smallest absolute Gasteiger partial charge is 0.259 e. The zero-order valence-corrected chi connectivity index (χ0v) is 20.1. The van der Waals surface area contributed by atoms with E-state index in [2.05, 4.69) is 23.0 Å². The number of piperidine rings is 1. The van der Waals surface area contributed by atoms with Gasteiger partial charge in [0.05, 0.1) is 5.69 Å². The number of nitriles is 1. The van der Waals surface area contributed by atoms with Crippen LogP contribution in [0.3, 0.4) is 0 Å². The van der Waals surface area contributed by atoms with Crippen LogP contribution in [-0.4, -0.2) is 52.7 Å². The van der Waals surface area contributed by atoms with Gasteiger partial charge in [0.1, 0.15) is 23.4 Å². The summed E-state index contributed by atoms with van der Waals surface area (Å²) in [7, 11) is 2.07. The lowest BCUT2D eigenvalue weighted by Gasteiger charge is -2.43. The minimum atomic E-state index is -0.831. The number of hydrogen-bond acceptors (Lipinski definition) is 6. The average Bonchev–Trinajstić information content (AvgIpc) is 3.03. The Balaban J connectivity index is 1.46. The average molecular weight is 480 g/mol. The standard InChI is InChI=1S/C25H26FN5O2S/c1-16-20(15-27)28-11-6-21(16)30-23(32)25(9-3-10-25)31(24(30)34)17-4-5-22(19(26)14-17)33-18-7-12-29(2)13-8-18/h4-6,11,14,18H,3,7-10,12-13H2,1-2H3. The molecule has 0 bridgehead atoms. The number of benzene rings is 1. The maximum Gasteiger partial charge on any atom is 0.259 e. The second kappa shape index (κ2) is 8.60. The van der Waals surface area contributed by atoms with Gasteiger partial charge in [0.25, 0.3) is 5.91 Å². The number of carbonyl (C=O) groups is 1. The Kier molecular flexibility index (Phi) is 5.74. The molecule has 0 unspecified atom stereocenters. The van der Waals surface area contributed by atoms with E-state index in [4.69, 9.17) is 17.0 Å². The topological polar surface area (TPSA) is 72.7 Å². The fourth-order valence-corrected chi connectivity index (χ4v) is 5.54. The molecule has 2 aliphatic heterocycles. The molecule has 0 atom stereocenters. The molecule has 1 saturated carbocycles. The Bertz CT molecular complexity index is 1200. The van der Waals surface area contributed by atoms with Gasteiger partial charge in [-0.1, -0.05) is 0 Å². The zero-order chi connectivity index (χ0) is 24.0. The van der Waals surface area contributed by atoms with Crippen LogP contribution in [0.4, 0.5) is 15.8 Å². The maximum atomic E-state index is 15.2. The van der Waals surface area contributed by atoms with Crippen molar-refractivity contribution in [3.05, 3.63) is 47.5 Å². The second-order valence-electron chi connectivity index (χ2n) is 9.29. The number of pyridine rings is 1. The minimum absolute atomic E-state index is 0.0107. The van der Waals surface area contributed by atoms with Crippen molar-refractivity contribution in [1.82, 2.24) is 9.88 Å². The minimum Gasteiger partial charge on any atom is -0.487 e. The SMILES string of the molecule is Cc1c(N2C(=O)C3(CCC3)N(c3ccc(OC4CCN(C)CC4)c(F)c3)C2=S)ccnc1C#N. The lowest BCUT2D eigenvalue weighted by molar-refractivity contribution is -0.123. The molecule has 0 radical (unpaired) electrons. The number of hydrogen-bond donors (Lipinski definition) is 0. The number of thiocarbonyl (C=S) groups is 1. The number of rotatable bonds is 4. The molecule has 34 heavy (non-hydrogen) atoms. The Labute approximate surface area is 203 Å². The van der Waals surface area contributed by atoms with Crippen LogP contribution in [0.2, 0.25) is 0 Å². The monoisotopic (exact) mass is 479 g/mol. The van der Waals surface area contributed by atoms with E-state index in [1.54, 1.807) is 30.0 Å². The van der Waals surface area contributed by atoms with Gasteiger partial charge in [-0.3, -0.25) is 9.69 Å². The molecule has 2 saturated heterocycles. The van der Waals surface area contributed by atoms with E-state index in [-0.39, 0.29) is 28.6 Å². The van der Waals surface area contributed by atoms with Crippen LogP contribution >= 0.6 is 12.2 Å². The van der Waals surface area contributed by atoms with Crippen molar-refractivity contribution >= 4 is 34.6 Å². The molecule has 7 nitrogen and oxygen atoms in total. The van der Waals surface area contributed by atoms with Crippen molar-refractivity contribution in [3.63, 3.8) is 0 Å². The summed E-state index contributed by atoms with van der Waals surface area (Å²) in [6, 6.07) is 8.57. The van der Waals surface area contributed by atoms with Gasteiger partial charge < -0.3 is 14.5 Å². The van der Waals surface area contributed by atoms with E-state index in [9.17, 15) is 10.1 Å². The van der Waals surface area contributed by atoms with Crippen LogP contribution in [0.1, 0.15) is 43.4 Å². The summed E-state index contributed by atoms with van der Waals surface area (Å²) < 4.78 is 21.1. The van der Waals surface area contributed by atoms with Crippen molar-refractivity contribution in [1.29, 1.82) is 5.26 Å². The number of likely N-dealkylation sites (tertiary alicyclic amines) is 1. The number of amides is 1. The molecule has 3 aliphatic rings. The molecule has 1 aromatic heterocycles. The number of aromatic nitrogens is 1.